The number of furan rings is 1. The molecule has 2 N–H and O–H groups in total. The molecule has 0 bridgehead atoms. The summed E-state index contributed by atoms with van der Waals surface area (Å²) in [7, 11) is 1.29. The number of nitrogens with one attached hydrogen (secondary N) is 1. The van der Waals surface area contributed by atoms with Crippen molar-refractivity contribution in [1.82, 2.24) is 10.2 Å². The number of aliphatic carboxylic acids is 1. The average molecular weight is 351 g/mol. The number of oxime groups is 1. The Morgan fingerprint density at radius 1 is 1.54 bits per heavy atom. The summed E-state index contributed by atoms with van der Waals surface area (Å²) >= 11 is 1.37. The third kappa shape index (κ3) is 2.64. The second-order valence-corrected chi connectivity index (χ2v) is 6.03. The normalized spacial score (nSPS) is 23.0. The molecule has 0 aliphatic carbocycles. The van der Waals surface area contributed by atoms with Gasteiger partial charge in [0.2, 0.25) is 5.71 Å². The van der Waals surface area contributed by atoms with Gasteiger partial charge in [-0.3, -0.25) is 14.5 Å². The van der Waals surface area contributed by atoms with Gasteiger partial charge in [-0.05, 0) is 18.2 Å². The average Bonchev–Trinajstić information content (AvgIpc) is 3.10. The molecule has 2 amide bonds. The molecule has 0 saturated carbocycles. The molecule has 126 valence electrons. The van der Waals surface area contributed by atoms with Gasteiger partial charge in [-0.25, -0.2) is 4.79 Å². The lowest BCUT2D eigenvalue weighted by Crippen LogP contribution is -2.70. The number of hydrogen-bond donors (Lipinski definition) is 2. The molecule has 2 aliphatic rings. The number of nitrogens with zero attached hydrogens (tertiary/aromatic N) is 2. The number of carbonyl (C=O) groups is 3. The molecular weight excluding hydrogens is 338 g/mol. The fourth-order valence-corrected chi connectivity index (χ4v) is 3.65. The summed E-state index contributed by atoms with van der Waals surface area (Å²) < 4.78 is 5.13. The van der Waals surface area contributed by atoms with Gasteiger partial charge in [-0.1, -0.05) is 5.16 Å². The van der Waals surface area contributed by atoms with E-state index in [1.165, 1.54) is 42.2 Å². The van der Waals surface area contributed by atoms with E-state index in [9.17, 15) is 14.4 Å². The molecule has 2 aliphatic heterocycles. The fraction of sp³-hybridized carbons (Fsp3) is 0.286. The number of carboxylic acids is 1. The minimum absolute atomic E-state index is 0.0638. The summed E-state index contributed by atoms with van der Waals surface area (Å²) in [5.74, 6) is -1.65. The standard InChI is InChI=1S/C14H13N3O6S/c1-22-16-9(8-3-2-5-23-8)11(18)15-10-12(19)17-7(14(20)21)4-6-24-13(10)17/h2-5,10,13H,6H2,1H3,(H,15,18)(H,20,21)/b16-9-/t10?,13-/m0/s1. The Labute approximate surface area is 140 Å². The third-order valence-electron chi connectivity index (χ3n) is 3.50. The predicted molar refractivity (Wildman–Crippen MR) is 83.0 cm³/mol. The van der Waals surface area contributed by atoms with Crippen LogP contribution >= 0.6 is 11.8 Å². The van der Waals surface area contributed by atoms with E-state index < -0.39 is 29.2 Å². The van der Waals surface area contributed by atoms with Crippen molar-refractivity contribution < 1.29 is 28.7 Å². The molecule has 0 spiro atoms. The van der Waals surface area contributed by atoms with Crippen LogP contribution in [0.4, 0.5) is 0 Å². The first kappa shape index (κ1) is 16.1. The number of fused-ring (bicyclic) bond motifs is 1. The monoisotopic (exact) mass is 351 g/mol. The lowest BCUT2D eigenvalue weighted by atomic mass is 10.0. The summed E-state index contributed by atoms with van der Waals surface area (Å²) in [5, 5.41) is 14.8. The molecule has 2 atom stereocenters. The largest absolute Gasteiger partial charge is 0.477 e. The van der Waals surface area contributed by atoms with Gasteiger partial charge in [0.1, 0.15) is 24.2 Å². The van der Waals surface area contributed by atoms with Crippen LogP contribution in [-0.2, 0) is 19.2 Å². The van der Waals surface area contributed by atoms with E-state index in [-0.39, 0.29) is 17.2 Å². The smallest absolute Gasteiger partial charge is 0.352 e. The van der Waals surface area contributed by atoms with E-state index in [0.717, 1.165) is 0 Å². The SMILES string of the molecule is CO/N=C(\C(=O)NC1C(=O)N2C(C(=O)O)=CCS[C@@H]12)c1ccco1. The molecule has 1 unspecified atom stereocenters. The first-order chi connectivity index (χ1) is 11.5. The van der Waals surface area contributed by atoms with Gasteiger partial charge in [0.15, 0.2) is 5.76 Å². The van der Waals surface area contributed by atoms with Gasteiger partial charge in [0.25, 0.3) is 11.8 Å². The minimum Gasteiger partial charge on any atom is -0.477 e. The molecular formula is C14H13N3O6S. The van der Waals surface area contributed by atoms with Crippen molar-refractivity contribution in [1.29, 1.82) is 0 Å². The van der Waals surface area contributed by atoms with Gasteiger partial charge in [-0.2, -0.15) is 0 Å². The molecule has 1 fully saturated rings. The van der Waals surface area contributed by atoms with Crippen LogP contribution in [0.5, 0.6) is 0 Å². The Hall–Kier alpha value is -2.75. The summed E-state index contributed by atoms with van der Waals surface area (Å²) in [6.07, 6.45) is 2.85. The van der Waals surface area contributed by atoms with Crippen LogP contribution in [0, 0.1) is 0 Å². The maximum absolute atomic E-state index is 12.4. The number of thioether (sulfide) groups is 1. The highest BCUT2D eigenvalue weighted by molar-refractivity contribution is 8.00. The molecule has 10 heteroatoms. The summed E-state index contributed by atoms with van der Waals surface area (Å²) in [6, 6.07) is 2.29. The lowest BCUT2D eigenvalue weighted by Gasteiger charge is -2.48. The van der Waals surface area contributed by atoms with Gasteiger partial charge < -0.3 is 19.7 Å². The van der Waals surface area contributed by atoms with E-state index >= 15 is 0 Å². The Kier molecular flexibility index (Phi) is 4.30. The van der Waals surface area contributed by atoms with Gasteiger partial charge in [-0.15, -0.1) is 11.8 Å². The van der Waals surface area contributed by atoms with Crippen LogP contribution in [0.3, 0.4) is 0 Å². The van der Waals surface area contributed by atoms with Crippen LogP contribution in [0.1, 0.15) is 5.76 Å². The number of amides is 2. The molecule has 24 heavy (non-hydrogen) atoms. The first-order valence-corrected chi connectivity index (χ1v) is 7.93. The molecule has 1 aromatic heterocycles. The van der Waals surface area contributed by atoms with Crippen molar-refractivity contribution in [2.45, 2.75) is 11.4 Å². The molecule has 0 radical (unpaired) electrons. The topological polar surface area (TPSA) is 121 Å². The van der Waals surface area contributed by atoms with Gasteiger partial charge >= 0.3 is 5.97 Å². The van der Waals surface area contributed by atoms with E-state index in [2.05, 4.69) is 15.3 Å². The molecule has 1 saturated heterocycles. The van der Waals surface area contributed by atoms with Gasteiger partial charge in [0, 0.05) is 5.75 Å². The number of β-lactam (4-membered cyclic amide) rings is 1. The third-order valence-corrected chi connectivity index (χ3v) is 4.69. The van der Waals surface area contributed by atoms with Crippen LogP contribution in [-0.4, -0.2) is 57.8 Å². The van der Waals surface area contributed by atoms with Crippen molar-refractivity contribution in [2.75, 3.05) is 12.9 Å². The van der Waals surface area contributed by atoms with Crippen molar-refractivity contribution >= 4 is 35.3 Å². The zero-order chi connectivity index (χ0) is 17.3. The highest BCUT2D eigenvalue weighted by Crippen LogP contribution is 2.37. The Balaban J connectivity index is 1.74. The number of hydrogen-bond acceptors (Lipinski definition) is 7. The second-order valence-electron chi connectivity index (χ2n) is 4.88. The molecule has 3 heterocycles. The zero-order valence-electron chi connectivity index (χ0n) is 12.5. The van der Waals surface area contributed by atoms with Crippen LogP contribution in [0.2, 0.25) is 0 Å². The molecule has 3 rings (SSSR count). The lowest BCUT2D eigenvalue weighted by molar-refractivity contribution is -0.150. The quantitative estimate of drug-likeness (QED) is 0.435. The molecule has 1 aromatic rings. The van der Waals surface area contributed by atoms with Gasteiger partial charge in [0.05, 0.1) is 6.26 Å². The van der Waals surface area contributed by atoms with Crippen LogP contribution in [0.15, 0.2) is 39.7 Å². The molecule has 9 nitrogen and oxygen atoms in total. The van der Waals surface area contributed by atoms with E-state index in [0.29, 0.717) is 5.75 Å². The number of carboxylic acid groups (broad SMARTS) is 1. The summed E-state index contributed by atoms with van der Waals surface area (Å²) in [6.45, 7) is 0. The van der Waals surface area contributed by atoms with E-state index in [1.807, 2.05) is 0 Å². The Morgan fingerprint density at radius 3 is 2.96 bits per heavy atom. The fourth-order valence-electron chi connectivity index (χ4n) is 2.45. The van der Waals surface area contributed by atoms with Crippen LogP contribution in [0.25, 0.3) is 0 Å². The van der Waals surface area contributed by atoms with Crippen molar-refractivity contribution in [3.05, 3.63) is 35.9 Å². The number of rotatable bonds is 5. The van der Waals surface area contributed by atoms with Crippen molar-refractivity contribution in [3.8, 4) is 0 Å². The maximum Gasteiger partial charge on any atom is 0.352 e. The summed E-state index contributed by atoms with van der Waals surface area (Å²) in [5.41, 5.74) is -0.172. The predicted octanol–water partition coefficient (Wildman–Crippen LogP) is -0.00150. The number of carbonyl (C=O) groups excluding carboxylic acids is 2. The van der Waals surface area contributed by atoms with Crippen LogP contribution < -0.4 is 5.32 Å². The Bertz CT molecular complexity index is 742. The van der Waals surface area contributed by atoms with E-state index in [1.54, 1.807) is 6.07 Å². The van der Waals surface area contributed by atoms with E-state index in [4.69, 9.17) is 9.52 Å². The Morgan fingerprint density at radius 2 is 2.33 bits per heavy atom. The molecule has 0 aromatic carbocycles. The maximum atomic E-state index is 12.4. The first-order valence-electron chi connectivity index (χ1n) is 6.88. The highest BCUT2D eigenvalue weighted by Gasteiger charge is 2.53. The second kappa shape index (κ2) is 6.40. The summed E-state index contributed by atoms with van der Waals surface area (Å²) in [4.78, 5) is 41.6. The van der Waals surface area contributed by atoms with Crippen molar-refractivity contribution in [2.24, 2.45) is 5.16 Å². The highest BCUT2D eigenvalue weighted by atomic mass is 32.2. The van der Waals surface area contributed by atoms with Crippen molar-refractivity contribution in [3.63, 3.8) is 0 Å². The minimum atomic E-state index is -1.17. The zero-order valence-corrected chi connectivity index (χ0v) is 13.3.